The Morgan fingerprint density at radius 3 is 2.54 bits per heavy atom. The van der Waals surface area contributed by atoms with Crippen molar-refractivity contribution in [1.29, 1.82) is 0 Å². The predicted molar refractivity (Wildman–Crippen MR) is 91.9 cm³/mol. The van der Waals surface area contributed by atoms with E-state index in [0.29, 0.717) is 50.8 Å². The number of ether oxygens (including phenoxy) is 1. The summed E-state index contributed by atoms with van der Waals surface area (Å²) in [6, 6.07) is 0.0622. The average molecular weight is 355 g/mol. The summed E-state index contributed by atoms with van der Waals surface area (Å²) >= 11 is 1.31. The first-order chi connectivity index (χ1) is 11.6. The molecule has 2 heterocycles. The summed E-state index contributed by atoms with van der Waals surface area (Å²) in [4.78, 5) is 28.3. The molecule has 1 aromatic rings. The minimum absolute atomic E-state index is 0.0509. The van der Waals surface area contributed by atoms with E-state index in [1.807, 2.05) is 18.7 Å². The Bertz CT molecular complexity index is 553. The molecule has 1 N–H and O–H groups in total. The van der Waals surface area contributed by atoms with E-state index in [1.54, 1.807) is 12.0 Å². The standard InChI is InChI=1S/C15H25N5O3S/c1-4-19(5-2)15(22)20-8-6-11(7-9-20)13(21)16-14-18-17-12(24-14)10-23-3/h11H,4-10H2,1-3H3,(H,16,18,21). The number of anilines is 1. The van der Waals surface area contributed by atoms with Crippen LogP contribution in [0.15, 0.2) is 0 Å². The van der Waals surface area contributed by atoms with Crippen LogP contribution in [0.1, 0.15) is 31.7 Å². The van der Waals surface area contributed by atoms with Gasteiger partial charge in [0.1, 0.15) is 11.6 Å². The molecule has 0 aliphatic carbocycles. The zero-order valence-electron chi connectivity index (χ0n) is 14.4. The van der Waals surface area contributed by atoms with Crippen molar-refractivity contribution < 1.29 is 14.3 Å². The van der Waals surface area contributed by atoms with E-state index in [1.165, 1.54) is 11.3 Å². The third-order valence-electron chi connectivity index (χ3n) is 4.14. The maximum atomic E-state index is 12.3. The molecule has 0 spiro atoms. The number of nitrogens with zero attached hydrogens (tertiary/aromatic N) is 4. The molecule has 24 heavy (non-hydrogen) atoms. The van der Waals surface area contributed by atoms with Crippen LogP contribution in [0.3, 0.4) is 0 Å². The topological polar surface area (TPSA) is 87.7 Å². The SMILES string of the molecule is CCN(CC)C(=O)N1CCC(C(=O)Nc2nnc(COC)s2)CC1. The number of hydrogen-bond donors (Lipinski definition) is 1. The fourth-order valence-corrected chi connectivity index (χ4v) is 3.44. The Balaban J connectivity index is 1.82. The maximum Gasteiger partial charge on any atom is 0.319 e. The first kappa shape index (κ1) is 18.6. The van der Waals surface area contributed by atoms with Crippen molar-refractivity contribution in [2.45, 2.75) is 33.3 Å². The van der Waals surface area contributed by atoms with E-state index in [0.717, 1.165) is 5.01 Å². The highest BCUT2D eigenvalue weighted by molar-refractivity contribution is 7.15. The lowest BCUT2D eigenvalue weighted by Crippen LogP contribution is -2.47. The van der Waals surface area contributed by atoms with Gasteiger partial charge in [0.25, 0.3) is 0 Å². The van der Waals surface area contributed by atoms with Crippen LogP contribution in [0.5, 0.6) is 0 Å². The van der Waals surface area contributed by atoms with Crippen molar-refractivity contribution in [2.75, 3.05) is 38.6 Å². The second-order valence-electron chi connectivity index (χ2n) is 5.64. The number of piperidine rings is 1. The Labute approximate surface area is 146 Å². The molecule has 2 rings (SSSR count). The second-order valence-corrected chi connectivity index (χ2v) is 6.70. The largest absolute Gasteiger partial charge is 0.377 e. The minimum atomic E-state index is -0.0967. The fraction of sp³-hybridized carbons (Fsp3) is 0.733. The molecule has 3 amide bonds. The Kier molecular flexibility index (Phi) is 6.92. The van der Waals surface area contributed by atoms with E-state index in [9.17, 15) is 9.59 Å². The lowest BCUT2D eigenvalue weighted by Gasteiger charge is -2.34. The summed E-state index contributed by atoms with van der Waals surface area (Å²) in [7, 11) is 1.59. The Morgan fingerprint density at radius 2 is 1.96 bits per heavy atom. The Morgan fingerprint density at radius 1 is 1.29 bits per heavy atom. The molecular weight excluding hydrogens is 330 g/mol. The smallest absolute Gasteiger partial charge is 0.319 e. The average Bonchev–Trinajstić information content (AvgIpc) is 3.03. The van der Waals surface area contributed by atoms with Crippen LogP contribution in [-0.4, -0.2) is 65.2 Å². The summed E-state index contributed by atoms with van der Waals surface area (Å²) in [5.74, 6) is -0.148. The van der Waals surface area contributed by atoms with Gasteiger partial charge in [-0.15, -0.1) is 10.2 Å². The summed E-state index contributed by atoms with van der Waals surface area (Å²) < 4.78 is 4.99. The molecule has 0 atom stereocenters. The number of rotatable bonds is 6. The molecule has 8 nitrogen and oxygen atoms in total. The van der Waals surface area contributed by atoms with Gasteiger partial charge < -0.3 is 19.9 Å². The number of amides is 3. The van der Waals surface area contributed by atoms with Gasteiger partial charge in [0.05, 0.1) is 0 Å². The van der Waals surface area contributed by atoms with E-state index in [-0.39, 0.29) is 17.9 Å². The highest BCUT2D eigenvalue weighted by atomic mass is 32.1. The number of methoxy groups -OCH3 is 1. The molecule has 1 aromatic heterocycles. The van der Waals surface area contributed by atoms with E-state index < -0.39 is 0 Å². The van der Waals surface area contributed by atoms with Crippen LogP contribution in [0.4, 0.5) is 9.93 Å². The van der Waals surface area contributed by atoms with Crippen LogP contribution in [0.2, 0.25) is 0 Å². The zero-order valence-corrected chi connectivity index (χ0v) is 15.3. The molecule has 0 aromatic carbocycles. The lowest BCUT2D eigenvalue weighted by atomic mass is 9.96. The number of likely N-dealkylation sites (tertiary alicyclic amines) is 1. The Hall–Kier alpha value is -1.74. The van der Waals surface area contributed by atoms with Crippen LogP contribution in [0.25, 0.3) is 0 Å². The van der Waals surface area contributed by atoms with Crippen LogP contribution in [-0.2, 0) is 16.1 Å². The number of aromatic nitrogens is 2. The number of carbonyl (C=O) groups is 2. The van der Waals surface area contributed by atoms with Crippen LogP contribution in [0, 0.1) is 5.92 Å². The van der Waals surface area contributed by atoms with Gasteiger partial charge in [-0.1, -0.05) is 11.3 Å². The first-order valence-electron chi connectivity index (χ1n) is 8.25. The monoisotopic (exact) mass is 355 g/mol. The maximum absolute atomic E-state index is 12.3. The normalized spacial score (nSPS) is 15.4. The van der Waals surface area contributed by atoms with Crippen molar-refractivity contribution in [2.24, 2.45) is 5.92 Å². The van der Waals surface area contributed by atoms with Crippen LogP contribution < -0.4 is 5.32 Å². The third-order valence-corrected chi connectivity index (χ3v) is 4.95. The summed E-state index contributed by atoms with van der Waals surface area (Å²) in [6.07, 6.45) is 1.34. The van der Waals surface area contributed by atoms with Gasteiger partial charge in [-0.2, -0.15) is 0 Å². The quantitative estimate of drug-likeness (QED) is 0.841. The van der Waals surface area contributed by atoms with Gasteiger partial charge in [-0.05, 0) is 26.7 Å². The number of hydrogen-bond acceptors (Lipinski definition) is 6. The minimum Gasteiger partial charge on any atom is -0.377 e. The van der Waals surface area contributed by atoms with E-state index in [2.05, 4.69) is 15.5 Å². The molecule has 1 fully saturated rings. The van der Waals surface area contributed by atoms with Crippen molar-refractivity contribution in [3.8, 4) is 0 Å². The number of carbonyl (C=O) groups excluding carboxylic acids is 2. The van der Waals surface area contributed by atoms with E-state index in [4.69, 9.17) is 4.74 Å². The molecule has 1 saturated heterocycles. The summed E-state index contributed by atoms with van der Waals surface area (Å²) in [6.45, 7) is 6.96. The molecule has 9 heteroatoms. The fourth-order valence-electron chi connectivity index (χ4n) is 2.72. The van der Waals surface area contributed by atoms with Gasteiger partial charge in [-0.3, -0.25) is 4.79 Å². The van der Waals surface area contributed by atoms with Crippen molar-refractivity contribution >= 4 is 28.4 Å². The van der Waals surface area contributed by atoms with Gasteiger partial charge in [-0.25, -0.2) is 4.79 Å². The number of nitrogens with one attached hydrogen (secondary N) is 1. The molecule has 0 radical (unpaired) electrons. The van der Waals surface area contributed by atoms with Gasteiger partial charge >= 0.3 is 6.03 Å². The van der Waals surface area contributed by atoms with Crippen molar-refractivity contribution in [3.63, 3.8) is 0 Å². The molecule has 1 aliphatic rings. The van der Waals surface area contributed by atoms with E-state index >= 15 is 0 Å². The summed E-state index contributed by atoms with van der Waals surface area (Å²) in [5, 5.41) is 11.9. The molecule has 134 valence electrons. The van der Waals surface area contributed by atoms with Crippen LogP contribution >= 0.6 is 11.3 Å². The van der Waals surface area contributed by atoms with Gasteiger partial charge in [0.15, 0.2) is 0 Å². The second kappa shape index (κ2) is 8.93. The summed E-state index contributed by atoms with van der Waals surface area (Å²) in [5.41, 5.74) is 0. The molecule has 0 unspecified atom stereocenters. The third kappa shape index (κ3) is 4.64. The zero-order chi connectivity index (χ0) is 17.5. The van der Waals surface area contributed by atoms with Crippen molar-refractivity contribution in [1.82, 2.24) is 20.0 Å². The molecule has 1 aliphatic heterocycles. The molecular formula is C15H25N5O3S. The predicted octanol–water partition coefficient (Wildman–Crippen LogP) is 1.80. The van der Waals surface area contributed by atoms with Crippen molar-refractivity contribution in [3.05, 3.63) is 5.01 Å². The first-order valence-corrected chi connectivity index (χ1v) is 9.06. The highest BCUT2D eigenvalue weighted by Gasteiger charge is 2.29. The molecule has 0 bridgehead atoms. The number of urea groups is 1. The lowest BCUT2D eigenvalue weighted by molar-refractivity contribution is -0.121. The van der Waals surface area contributed by atoms with Gasteiger partial charge in [0, 0.05) is 39.2 Å². The highest BCUT2D eigenvalue weighted by Crippen LogP contribution is 2.22. The molecule has 0 saturated carbocycles. The van der Waals surface area contributed by atoms with Gasteiger partial charge in [0.2, 0.25) is 11.0 Å².